The standard InChI is InChI=1S/C12H12F2O2/c13-11(14)12(6-1-7-12)9-4-2-8(3-5-9)10(15)16/h2-5,11H,1,6-7H2,(H,15,16). The van der Waals surface area contributed by atoms with Gasteiger partial charge in [0, 0.05) is 0 Å². The van der Waals surface area contributed by atoms with Crippen LogP contribution in [0.3, 0.4) is 0 Å². The smallest absolute Gasteiger partial charge is 0.335 e. The first kappa shape index (κ1) is 11.0. The Labute approximate surface area is 91.9 Å². The van der Waals surface area contributed by atoms with E-state index in [1.165, 1.54) is 24.3 Å². The molecule has 0 heterocycles. The van der Waals surface area contributed by atoms with Crippen LogP contribution in [0, 0.1) is 0 Å². The minimum Gasteiger partial charge on any atom is -0.478 e. The van der Waals surface area contributed by atoms with Crippen molar-refractivity contribution in [1.82, 2.24) is 0 Å². The first-order valence-corrected chi connectivity index (χ1v) is 5.18. The summed E-state index contributed by atoms with van der Waals surface area (Å²) in [4.78, 5) is 10.6. The summed E-state index contributed by atoms with van der Waals surface area (Å²) in [6.07, 6.45) is -0.601. The molecule has 1 fully saturated rings. The normalized spacial score (nSPS) is 18.2. The number of alkyl halides is 2. The highest BCUT2D eigenvalue weighted by Crippen LogP contribution is 2.48. The molecule has 1 N–H and O–H groups in total. The summed E-state index contributed by atoms with van der Waals surface area (Å²) in [6, 6.07) is 5.80. The van der Waals surface area contributed by atoms with E-state index in [4.69, 9.17) is 5.11 Å². The van der Waals surface area contributed by atoms with Crippen LogP contribution in [0.25, 0.3) is 0 Å². The number of benzene rings is 1. The lowest BCUT2D eigenvalue weighted by Crippen LogP contribution is -2.41. The summed E-state index contributed by atoms with van der Waals surface area (Å²) >= 11 is 0. The fourth-order valence-corrected chi connectivity index (χ4v) is 2.14. The molecule has 2 nitrogen and oxygen atoms in total. The van der Waals surface area contributed by atoms with Crippen molar-refractivity contribution in [3.63, 3.8) is 0 Å². The first-order valence-electron chi connectivity index (χ1n) is 5.18. The SMILES string of the molecule is O=C(O)c1ccc(C2(C(F)F)CCC2)cc1. The van der Waals surface area contributed by atoms with Gasteiger partial charge in [-0.05, 0) is 30.5 Å². The number of halogens is 2. The van der Waals surface area contributed by atoms with Gasteiger partial charge in [0.05, 0.1) is 11.0 Å². The highest BCUT2D eigenvalue weighted by atomic mass is 19.3. The molecule has 0 unspecified atom stereocenters. The maximum atomic E-state index is 13.0. The second kappa shape index (κ2) is 3.85. The Morgan fingerprint density at radius 2 is 1.81 bits per heavy atom. The van der Waals surface area contributed by atoms with Crippen LogP contribution in [-0.2, 0) is 5.41 Å². The van der Waals surface area contributed by atoms with Crippen molar-refractivity contribution in [2.45, 2.75) is 31.1 Å². The van der Waals surface area contributed by atoms with Crippen LogP contribution in [0.4, 0.5) is 8.78 Å². The predicted octanol–water partition coefficient (Wildman–Crippen LogP) is 3.07. The van der Waals surface area contributed by atoms with E-state index < -0.39 is 17.8 Å². The molecule has 1 aliphatic rings. The Morgan fingerprint density at radius 1 is 1.25 bits per heavy atom. The van der Waals surface area contributed by atoms with Crippen molar-refractivity contribution < 1.29 is 18.7 Å². The van der Waals surface area contributed by atoms with Gasteiger partial charge in [0.25, 0.3) is 0 Å². The maximum Gasteiger partial charge on any atom is 0.335 e. The average molecular weight is 226 g/mol. The Bertz CT molecular complexity index is 394. The molecule has 0 amide bonds. The average Bonchev–Trinajstić information content (AvgIpc) is 2.16. The van der Waals surface area contributed by atoms with Crippen LogP contribution >= 0.6 is 0 Å². The molecule has 4 heteroatoms. The molecule has 1 aliphatic carbocycles. The molecule has 1 aromatic carbocycles. The zero-order chi connectivity index (χ0) is 11.8. The summed E-state index contributed by atoms with van der Waals surface area (Å²) in [7, 11) is 0. The topological polar surface area (TPSA) is 37.3 Å². The molecule has 16 heavy (non-hydrogen) atoms. The van der Waals surface area contributed by atoms with Crippen LogP contribution < -0.4 is 0 Å². The third-order valence-electron chi connectivity index (χ3n) is 3.37. The molecule has 2 rings (SSSR count). The van der Waals surface area contributed by atoms with E-state index in [9.17, 15) is 13.6 Å². The van der Waals surface area contributed by atoms with Crippen molar-refractivity contribution in [1.29, 1.82) is 0 Å². The number of rotatable bonds is 3. The number of carboxylic acid groups (broad SMARTS) is 1. The highest BCUT2D eigenvalue weighted by molar-refractivity contribution is 5.87. The molecule has 0 spiro atoms. The highest BCUT2D eigenvalue weighted by Gasteiger charge is 2.46. The van der Waals surface area contributed by atoms with E-state index in [0.717, 1.165) is 6.42 Å². The molecule has 0 aromatic heterocycles. The summed E-state index contributed by atoms with van der Waals surface area (Å²) < 4.78 is 25.9. The van der Waals surface area contributed by atoms with Crippen LogP contribution in [-0.4, -0.2) is 17.5 Å². The van der Waals surface area contributed by atoms with E-state index in [0.29, 0.717) is 18.4 Å². The van der Waals surface area contributed by atoms with E-state index in [-0.39, 0.29) is 5.56 Å². The molecule has 0 atom stereocenters. The lowest BCUT2D eigenvalue weighted by atomic mass is 9.64. The lowest BCUT2D eigenvalue weighted by Gasteiger charge is -2.41. The summed E-state index contributed by atoms with van der Waals surface area (Å²) in [6.45, 7) is 0. The predicted molar refractivity (Wildman–Crippen MR) is 54.9 cm³/mol. The molecule has 1 saturated carbocycles. The molecular weight excluding hydrogens is 214 g/mol. The van der Waals surface area contributed by atoms with E-state index in [1.807, 2.05) is 0 Å². The van der Waals surface area contributed by atoms with Crippen molar-refractivity contribution in [3.8, 4) is 0 Å². The zero-order valence-corrected chi connectivity index (χ0v) is 8.62. The Morgan fingerprint density at radius 3 is 2.12 bits per heavy atom. The van der Waals surface area contributed by atoms with Crippen LogP contribution in [0.2, 0.25) is 0 Å². The van der Waals surface area contributed by atoms with Gasteiger partial charge < -0.3 is 5.11 Å². The minimum absolute atomic E-state index is 0.132. The Hall–Kier alpha value is -1.45. The zero-order valence-electron chi connectivity index (χ0n) is 8.62. The van der Waals surface area contributed by atoms with Gasteiger partial charge in [-0.3, -0.25) is 0 Å². The van der Waals surface area contributed by atoms with Crippen LogP contribution in [0.1, 0.15) is 35.2 Å². The Kier molecular flexibility index (Phi) is 2.66. The fraction of sp³-hybridized carbons (Fsp3) is 0.417. The van der Waals surface area contributed by atoms with Gasteiger partial charge in [-0.25, -0.2) is 13.6 Å². The van der Waals surface area contributed by atoms with Gasteiger partial charge >= 0.3 is 5.97 Å². The number of carbonyl (C=O) groups is 1. The number of aromatic carboxylic acids is 1. The quantitative estimate of drug-likeness (QED) is 0.859. The third kappa shape index (κ3) is 1.58. The summed E-state index contributed by atoms with van der Waals surface area (Å²) in [5.74, 6) is -1.04. The molecule has 1 aromatic rings. The second-order valence-electron chi connectivity index (χ2n) is 4.19. The largest absolute Gasteiger partial charge is 0.478 e. The van der Waals surface area contributed by atoms with Gasteiger partial charge in [-0.2, -0.15) is 0 Å². The molecular formula is C12H12F2O2. The third-order valence-corrected chi connectivity index (χ3v) is 3.37. The maximum absolute atomic E-state index is 13.0. The van der Waals surface area contributed by atoms with Crippen molar-refractivity contribution in [2.24, 2.45) is 0 Å². The van der Waals surface area contributed by atoms with E-state index in [2.05, 4.69) is 0 Å². The van der Waals surface area contributed by atoms with Gasteiger partial charge in [-0.15, -0.1) is 0 Å². The monoisotopic (exact) mass is 226 g/mol. The number of hydrogen-bond acceptors (Lipinski definition) is 1. The Balaban J connectivity index is 2.30. The molecule has 0 aliphatic heterocycles. The van der Waals surface area contributed by atoms with Crippen molar-refractivity contribution in [2.75, 3.05) is 0 Å². The second-order valence-corrected chi connectivity index (χ2v) is 4.19. The fourth-order valence-electron chi connectivity index (χ4n) is 2.14. The van der Waals surface area contributed by atoms with Gasteiger partial charge in [0.1, 0.15) is 0 Å². The van der Waals surface area contributed by atoms with Gasteiger partial charge in [-0.1, -0.05) is 18.6 Å². The molecule has 0 radical (unpaired) electrons. The van der Waals surface area contributed by atoms with Crippen molar-refractivity contribution >= 4 is 5.97 Å². The minimum atomic E-state index is -2.38. The summed E-state index contributed by atoms with van der Waals surface area (Å²) in [5, 5.41) is 8.71. The summed E-state index contributed by atoms with van der Waals surface area (Å²) in [5.41, 5.74) is -0.344. The van der Waals surface area contributed by atoms with Crippen molar-refractivity contribution in [3.05, 3.63) is 35.4 Å². The van der Waals surface area contributed by atoms with Gasteiger partial charge in [0.2, 0.25) is 6.43 Å². The molecule has 0 saturated heterocycles. The lowest BCUT2D eigenvalue weighted by molar-refractivity contribution is 0.000834. The van der Waals surface area contributed by atoms with E-state index >= 15 is 0 Å². The van der Waals surface area contributed by atoms with Gasteiger partial charge in [0.15, 0.2) is 0 Å². The first-order chi connectivity index (χ1) is 7.56. The number of carboxylic acids is 1. The number of hydrogen-bond donors (Lipinski definition) is 1. The van der Waals surface area contributed by atoms with Crippen LogP contribution in [0.15, 0.2) is 24.3 Å². The van der Waals surface area contributed by atoms with Crippen LogP contribution in [0.5, 0.6) is 0 Å². The molecule has 0 bridgehead atoms. The van der Waals surface area contributed by atoms with E-state index in [1.54, 1.807) is 0 Å². The molecule has 86 valence electrons.